The summed E-state index contributed by atoms with van der Waals surface area (Å²) in [5.41, 5.74) is 2.08. The van der Waals surface area contributed by atoms with Crippen LogP contribution in [0.3, 0.4) is 0 Å². The van der Waals surface area contributed by atoms with Crippen LogP contribution in [0.5, 0.6) is 0 Å². The van der Waals surface area contributed by atoms with Crippen molar-refractivity contribution in [2.45, 2.75) is 26.8 Å². The third-order valence-electron chi connectivity index (χ3n) is 3.21. The average molecular weight is 268 g/mol. The van der Waals surface area contributed by atoms with Crippen molar-refractivity contribution in [3.63, 3.8) is 0 Å². The maximum atomic E-state index is 4.49. The molecule has 0 aliphatic carbocycles. The molecule has 0 saturated carbocycles. The Kier molecular flexibility index (Phi) is 4.45. The fourth-order valence-corrected chi connectivity index (χ4v) is 1.77. The summed E-state index contributed by atoms with van der Waals surface area (Å²) in [5, 5.41) is 0. The topological polar surface area (TPSA) is 41.9 Å². The molecule has 0 unspecified atom stereocenters. The van der Waals surface area contributed by atoms with Crippen LogP contribution in [-0.4, -0.2) is 28.0 Å². The first-order chi connectivity index (χ1) is 9.58. The molecule has 20 heavy (non-hydrogen) atoms. The first kappa shape index (κ1) is 14.2. The number of hydrogen-bond acceptors (Lipinski definition) is 4. The van der Waals surface area contributed by atoms with E-state index in [1.54, 1.807) is 12.4 Å². The number of allylic oxidation sites excluding steroid dienone is 1. The van der Waals surface area contributed by atoms with Crippen molar-refractivity contribution in [1.29, 1.82) is 0 Å². The molecule has 0 amide bonds. The van der Waals surface area contributed by atoms with Crippen LogP contribution in [0.15, 0.2) is 36.8 Å². The Morgan fingerprint density at radius 2 is 1.85 bits per heavy atom. The van der Waals surface area contributed by atoms with Gasteiger partial charge in [-0.15, -0.1) is 0 Å². The van der Waals surface area contributed by atoms with E-state index in [0.717, 1.165) is 22.8 Å². The van der Waals surface area contributed by atoms with Gasteiger partial charge in [0.1, 0.15) is 5.82 Å². The van der Waals surface area contributed by atoms with Gasteiger partial charge in [0.25, 0.3) is 0 Å². The minimum Gasteiger partial charge on any atom is -0.357 e. The van der Waals surface area contributed by atoms with Crippen LogP contribution in [0.1, 0.15) is 32.2 Å². The Labute approximate surface area is 120 Å². The van der Waals surface area contributed by atoms with Crippen molar-refractivity contribution in [2.24, 2.45) is 0 Å². The van der Waals surface area contributed by atoms with Crippen LogP contribution in [0.2, 0.25) is 0 Å². The molecule has 2 aromatic rings. The quantitative estimate of drug-likeness (QED) is 0.853. The molecule has 2 rings (SSSR count). The van der Waals surface area contributed by atoms with Crippen LogP contribution in [0.4, 0.5) is 5.82 Å². The minimum atomic E-state index is 0.434. The smallest absolute Gasteiger partial charge is 0.154 e. The number of pyridine rings is 1. The molecule has 0 aliphatic rings. The van der Waals surface area contributed by atoms with Crippen molar-refractivity contribution >= 4 is 17.5 Å². The van der Waals surface area contributed by atoms with Gasteiger partial charge in [0.15, 0.2) is 5.82 Å². The standard InChI is InChI=1S/C16H20N4/c1-12(2)20(4)15-7-6-14(11-19-15)10-13(3)16-17-8-5-9-18-16/h5-12H,1-4H3. The number of anilines is 1. The maximum absolute atomic E-state index is 4.49. The van der Waals surface area contributed by atoms with E-state index >= 15 is 0 Å². The molecule has 0 N–H and O–H groups in total. The van der Waals surface area contributed by atoms with E-state index in [1.807, 2.05) is 38.4 Å². The second-order valence-electron chi connectivity index (χ2n) is 5.05. The summed E-state index contributed by atoms with van der Waals surface area (Å²) in [4.78, 5) is 15.1. The Balaban J connectivity index is 2.19. The third kappa shape index (κ3) is 3.41. The van der Waals surface area contributed by atoms with Crippen LogP contribution in [0.25, 0.3) is 11.6 Å². The molecule has 0 aromatic carbocycles. The number of hydrogen-bond donors (Lipinski definition) is 0. The first-order valence-corrected chi connectivity index (χ1v) is 6.72. The Morgan fingerprint density at radius 1 is 1.15 bits per heavy atom. The third-order valence-corrected chi connectivity index (χ3v) is 3.21. The van der Waals surface area contributed by atoms with Gasteiger partial charge in [0.05, 0.1) is 0 Å². The fraction of sp³-hybridized carbons (Fsp3) is 0.312. The Morgan fingerprint density at radius 3 is 2.40 bits per heavy atom. The number of nitrogens with zero attached hydrogens (tertiary/aromatic N) is 4. The molecule has 2 heterocycles. The highest BCUT2D eigenvalue weighted by Gasteiger charge is 2.05. The lowest BCUT2D eigenvalue weighted by Gasteiger charge is -2.22. The summed E-state index contributed by atoms with van der Waals surface area (Å²) in [6.45, 7) is 6.29. The van der Waals surface area contributed by atoms with E-state index in [9.17, 15) is 0 Å². The van der Waals surface area contributed by atoms with Gasteiger partial charge < -0.3 is 4.90 Å². The van der Waals surface area contributed by atoms with E-state index in [0.29, 0.717) is 6.04 Å². The SMILES string of the molecule is CC(=Cc1ccc(N(C)C(C)C)nc1)c1ncccn1. The van der Waals surface area contributed by atoms with Gasteiger partial charge in [-0.2, -0.15) is 0 Å². The van der Waals surface area contributed by atoms with Gasteiger partial charge in [-0.25, -0.2) is 15.0 Å². The Hall–Kier alpha value is -2.23. The zero-order valence-electron chi connectivity index (χ0n) is 12.4. The molecule has 0 fully saturated rings. The highest BCUT2D eigenvalue weighted by atomic mass is 15.2. The molecule has 0 saturated heterocycles. The van der Waals surface area contributed by atoms with Crippen LogP contribution in [0, 0.1) is 0 Å². The molecule has 4 nitrogen and oxygen atoms in total. The van der Waals surface area contributed by atoms with E-state index in [-0.39, 0.29) is 0 Å². The molecule has 4 heteroatoms. The van der Waals surface area contributed by atoms with Crippen LogP contribution >= 0.6 is 0 Å². The second-order valence-corrected chi connectivity index (χ2v) is 5.05. The highest BCUT2D eigenvalue weighted by Crippen LogP contribution is 2.16. The molecule has 0 atom stereocenters. The van der Waals surface area contributed by atoms with E-state index < -0.39 is 0 Å². The van der Waals surface area contributed by atoms with E-state index in [1.165, 1.54) is 0 Å². The van der Waals surface area contributed by atoms with E-state index in [4.69, 9.17) is 0 Å². The molecule has 0 radical (unpaired) electrons. The maximum Gasteiger partial charge on any atom is 0.154 e. The lowest BCUT2D eigenvalue weighted by Crippen LogP contribution is -2.26. The molecule has 0 bridgehead atoms. The summed E-state index contributed by atoms with van der Waals surface area (Å²) in [5.74, 6) is 1.72. The largest absolute Gasteiger partial charge is 0.357 e. The predicted molar refractivity (Wildman–Crippen MR) is 83.4 cm³/mol. The molecular weight excluding hydrogens is 248 g/mol. The zero-order chi connectivity index (χ0) is 14.5. The summed E-state index contributed by atoms with van der Waals surface area (Å²) in [7, 11) is 2.05. The van der Waals surface area contributed by atoms with Gasteiger partial charge in [-0.05, 0) is 56.2 Å². The highest BCUT2D eigenvalue weighted by molar-refractivity contribution is 5.77. The fourth-order valence-electron chi connectivity index (χ4n) is 1.77. The van der Waals surface area contributed by atoms with Crippen molar-refractivity contribution in [2.75, 3.05) is 11.9 Å². The number of aromatic nitrogens is 3. The van der Waals surface area contributed by atoms with E-state index in [2.05, 4.69) is 39.8 Å². The normalized spacial score (nSPS) is 11.8. The van der Waals surface area contributed by atoms with Gasteiger partial charge in [-0.1, -0.05) is 0 Å². The molecular formula is C16H20N4. The van der Waals surface area contributed by atoms with Crippen molar-refractivity contribution in [3.8, 4) is 0 Å². The molecule has 0 spiro atoms. The Bertz CT molecular complexity index is 573. The van der Waals surface area contributed by atoms with Crippen LogP contribution in [-0.2, 0) is 0 Å². The summed E-state index contributed by atoms with van der Waals surface area (Å²) < 4.78 is 0. The van der Waals surface area contributed by atoms with Crippen molar-refractivity contribution < 1.29 is 0 Å². The number of rotatable bonds is 4. The predicted octanol–water partition coefficient (Wildman–Crippen LogP) is 3.28. The summed E-state index contributed by atoms with van der Waals surface area (Å²) in [6, 6.07) is 6.34. The summed E-state index contributed by atoms with van der Waals surface area (Å²) >= 11 is 0. The lowest BCUT2D eigenvalue weighted by atomic mass is 10.1. The van der Waals surface area contributed by atoms with Gasteiger partial charge in [-0.3, -0.25) is 0 Å². The van der Waals surface area contributed by atoms with Gasteiger partial charge in [0, 0.05) is 31.7 Å². The average Bonchev–Trinajstić information content (AvgIpc) is 2.48. The van der Waals surface area contributed by atoms with Gasteiger partial charge >= 0.3 is 0 Å². The van der Waals surface area contributed by atoms with Crippen molar-refractivity contribution in [3.05, 3.63) is 48.2 Å². The second kappa shape index (κ2) is 6.28. The van der Waals surface area contributed by atoms with Gasteiger partial charge in [0.2, 0.25) is 0 Å². The first-order valence-electron chi connectivity index (χ1n) is 6.72. The zero-order valence-corrected chi connectivity index (χ0v) is 12.4. The lowest BCUT2D eigenvalue weighted by molar-refractivity contribution is 0.743. The summed E-state index contributed by atoms with van der Waals surface area (Å²) in [6.07, 6.45) is 7.42. The molecule has 2 aromatic heterocycles. The van der Waals surface area contributed by atoms with Crippen molar-refractivity contribution in [1.82, 2.24) is 15.0 Å². The molecule has 104 valence electrons. The minimum absolute atomic E-state index is 0.434. The van der Waals surface area contributed by atoms with Crippen LogP contribution < -0.4 is 4.90 Å². The molecule has 0 aliphatic heterocycles. The monoisotopic (exact) mass is 268 g/mol.